The predicted molar refractivity (Wildman–Crippen MR) is 138 cm³/mol. The molecule has 1 saturated heterocycles. The number of benzene rings is 3. The molecule has 33 heavy (non-hydrogen) atoms. The van der Waals surface area contributed by atoms with Gasteiger partial charge in [0.15, 0.2) is 11.5 Å². The second kappa shape index (κ2) is 12.3. The SMILES string of the molecule is Cl.Cl.c1ccc(Oc2ccc([C@@H](C3CCC3)N3CCNCC3)cc2Oc2ccccc2)cc1. The Labute approximate surface area is 209 Å². The van der Waals surface area contributed by atoms with Crippen molar-refractivity contribution in [2.24, 2.45) is 5.92 Å². The Morgan fingerprint density at radius 2 is 1.30 bits per heavy atom. The van der Waals surface area contributed by atoms with Crippen LogP contribution in [0.3, 0.4) is 0 Å². The van der Waals surface area contributed by atoms with Crippen LogP contribution in [0.4, 0.5) is 0 Å². The summed E-state index contributed by atoms with van der Waals surface area (Å²) in [6, 6.07) is 26.8. The zero-order chi connectivity index (χ0) is 20.9. The number of para-hydroxylation sites is 2. The zero-order valence-electron chi connectivity index (χ0n) is 18.7. The van der Waals surface area contributed by atoms with Gasteiger partial charge in [-0.15, -0.1) is 24.8 Å². The fourth-order valence-corrected chi connectivity index (χ4v) is 4.60. The monoisotopic (exact) mass is 486 g/mol. The third kappa shape index (κ3) is 6.21. The maximum atomic E-state index is 6.34. The first-order chi connectivity index (χ1) is 15.4. The van der Waals surface area contributed by atoms with Gasteiger partial charge in [-0.3, -0.25) is 4.90 Å². The van der Waals surface area contributed by atoms with E-state index in [1.54, 1.807) is 0 Å². The Kier molecular flexibility index (Phi) is 9.45. The van der Waals surface area contributed by atoms with Crippen molar-refractivity contribution >= 4 is 24.8 Å². The average molecular weight is 487 g/mol. The van der Waals surface area contributed by atoms with E-state index < -0.39 is 0 Å². The molecule has 3 aromatic rings. The molecule has 4 nitrogen and oxygen atoms in total. The van der Waals surface area contributed by atoms with Gasteiger partial charge in [-0.25, -0.2) is 0 Å². The standard InChI is InChI=1S/C27H30N2O2.2ClH/c1-3-10-23(11-4-1)30-25-15-14-22(20-26(25)31-24-12-5-2-6-13-24)27(21-8-7-9-21)29-18-16-28-17-19-29;;/h1-6,10-15,20-21,27-28H,7-9,16-19H2;2*1H/t27-;;/m1../s1. The number of halogens is 2. The molecule has 1 aliphatic carbocycles. The number of ether oxygens (including phenoxy) is 2. The van der Waals surface area contributed by atoms with Crippen molar-refractivity contribution in [3.63, 3.8) is 0 Å². The summed E-state index contributed by atoms with van der Waals surface area (Å²) >= 11 is 0. The highest BCUT2D eigenvalue weighted by Crippen LogP contribution is 2.44. The lowest BCUT2D eigenvalue weighted by atomic mass is 9.76. The molecule has 0 spiro atoms. The molecule has 3 aromatic carbocycles. The lowest BCUT2D eigenvalue weighted by molar-refractivity contribution is 0.0835. The summed E-state index contributed by atoms with van der Waals surface area (Å²) in [5, 5.41) is 3.49. The van der Waals surface area contributed by atoms with Crippen molar-refractivity contribution < 1.29 is 9.47 Å². The molecule has 5 rings (SSSR count). The van der Waals surface area contributed by atoms with Gasteiger partial charge in [0.2, 0.25) is 0 Å². The molecule has 0 bridgehead atoms. The van der Waals surface area contributed by atoms with Crippen LogP contribution < -0.4 is 14.8 Å². The van der Waals surface area contributed by atoms with E-state index in [2.05, 4.69) is 28.4 Å². The molecule has 1 saturated carbocycles. The van der Waals surface area contributed by atoms with Crippen LogP contribution in [0, 0.1) is 5.92 Å². The van der Waals surface area contributed by atoms with E-state index in [9.17, 15) is 0 Å². The van der Waals surface area contributed by atoms with Gasteiger partial charge >= 0.3 is 0 Å². The van der Waals surface area contributed by atoms with E-state index in [1.807, 2.05) is 60.7 Å². The normalized spacial score (nSPS) is 17.1. The summed E-state index contributed by atoms with van der Waals surface area (Å²) in [7, 11) is 0. The van der Waals surface area contributed by atoms with E-state index >= 15 is 0 Å². The molecule has 176 valence electrons. The van der Waals surface area contributed by atoms with E-state index in [4.69, 9.17) is 9.47 Å². The Hall–Kier alpha value is -2.24. The van der Waals surface area contributed by atoms with Gasteiger partial charge in [-0.05, 0) is 60.7 Å². The molecule has 6 heteroatoms. The second-order valence-corrected chi connectivity index (χ2v) is 8.46. The molecule has 0 amide bonds. The third-order valence-corrected chi connectivity index (χ3v) is 6.39. The topological polar surface area (TPSA) is 33.7 Å². The Bertz CT molecular complexity index is 978. The van der Waals surface area contributed by atoms with Crippen LogP contribution in [0.1, 0.15) is 30.9 Å². The van der Waals surface area contributed by atoms with E-state index in [1.165, 1.54) is 24.8 Å². The Morgan fingerprint density at radius 3 is 1.85 bits per heavy atom. The van der Waals surface area contributed by atoms with Crippen molar-refractivity contribution in [2.75, 3.05) is 26.2 Å². The molecule has 1 atom stereocenters. The van der Waals surface area contributed by atoms with Crippen LogP contribution in [0.25, 0.3) is 0 Å². The summed E-state index contributed by atoms with van der Waals surface area (Å²) < 4.78 is 12.5. The van der Waals surface area contributed by atoms with Crippen molar-refractivity contribution in [1.29, 1.82) is 0 Å². The molecular formula is C27H32Cl2N2O2. The number of hydrogen-bond acceptors (Lipinski definition) is 4. The molecule has 0 radical (unpaired) electrons. The minimum absolute atomic E-state index is 0. The van der Waals surface area contributed by atoms with Gasteiger partial charge in [0.1, 0.15) is 11.5 Å². The smallest absolute Gasteiger partial charge is 0.170 e. The fraction of sp³-hybridized carbons (Fsp3) is 0.333. The van der Waals surface area contributed by atoms with Crippen molar-refractivity contribution in [2.45, 2.75) is 25.3 Å². The summed E-state index contributed by atoms with van der Waals surface area (Å²) in [5.41, 5.74) is 1.33. The van der Waals surface area contributed by atoms with Gasteiger partial charge < -0.3 is 14.8 Å². The summed E-state index contributed by atoms with van der Waals surface area (Å²) in [4.78, 5) is 2.65. The van der Waals surface area contributed by atoms with Crippen molar-refractivity contribution in [3.8, 4) is 23.0 Å². The van der Waals surface area contributed by atoms with Gasteiger partial charge in [0, 0.05) is 32.2 Å². The fourth-order valence-electron chi connectivity index (χ4n) is 4.60. The molecule has 2 aliphatic rings. The average Bonchev–Trinajstić information content (AvgIpc) is 2.79. The molecular weight excluding hydrogens is 455 g/mol. The minimum atomic E-state index is 0. The van der Waals surface area contributed by atoms with Gasteiger partial charge in [0.05, 0.1) is 0 Å². The number of hydrogen-bond donors (Lipinski definition) is 1. The van der Waals surface area contributed by atoms with Crippen molar-refractivity contribution in [1.82, 2.24) is 10.2 Å². The second-order valence-electron chi connectivity index (χ2n) is 8.46. The highest BCUT2D eigenvalue weighted by Gasteiger charge is 2.34. The molecule has 1 N–H and O–H groups in total. The molecule has 0 unspecified atom stereocenters. The van der Waals surface area contributed by atoms with Gasteiger partial charge in [-0.2, -0.15) is 0 Å². The van der Waals surface area contributed by atoms with E-state index in [0.29, 0.717) is 6.04 Å². The first kappa shape index (κ1) is 25.4. The quantitative estimate of drug-likeness (QED) is 0.395. The third-order valence-electron chi connectivity index (χ3n) is 6.39. The molecule has 1 aliphatic heterocycles. The Morgan fingerprint density at radius 1 is 0.727 bits per heavy atom. The van der Waals surface area contributed by atoms with Crippen LogP contribution in [0.2, 0.25) is 0 Å². The van der Waals surface area contributed by atoms with Crippen LogP contribution in [0.5, 0.6) is 23.0 Å². The van der Waals surface area contributed by atoms with Crippen LogP contribution >= 0.6 is 24.8 Å². The predicted octanol–water partition coefficient (Wildman–Crippen LogP) is 6.86. The summed E-state index contributed by atoms with van der Waals surface area (Å²) in [5.74, 6) is 3.87. The van der Waals surface area contributed by atoms with Gasteiger partial charge in [-0.1, -0.05) is 48.9 Å². The Balaban J connectivity index is 0.00000153. The highest BCUT2D eigenvalue weighted by molar-refractivity contribution is 5.85. The van der Waals surface area contributed by atoms with Crippen LogP contribution in [-0.4, -0.2) is 31.1 Å². The van der Waals surface area contributed by atoms with Gasteiger partial charge in [0.25, 0.3) is 0 Å². The number of nitrogens with zero attached hydrogens (tertiary/aromatic N) is 1. The minimum Gasteiger partial charge on any atom is -0.453 e. The summed E-state index contributed by atoms with van der Waals surface area (Å²) in [6.07, 6.45) is 3.97. The zero-order valence-corrected chi connectivity index (χ0v) is 20.3. The maximum absolute atomic E-state index is 6.34. The maximum Gasteiger partial charge on any atom is 0.170 e. The molecule has 1 heterocycles. The number of rotatable bonds is 7. The first-order valence-electron chi connectivity index (χ1n) is 11.4. The largest absolute Gasteiger partial charge is 0.453 e. The molecule has 0 aromatic heterocycles. The molecule has 2 fully saturated rings. The summed E-state index contributed by atoms with van der Waals surface area (Å²) in [6.45, 7) is 4.31. The lowest BCUT2D eigenvalue weighted by Gasteiger charge is -2.43. The van der Waals surface area contributed by atoms with E-state index in [0.717, 1.165) is 55.1 Å². The first-order valence-corrected chi connectivity index (χ1v) is 11.4. The van der Waals surface area contributed by atoms with Crippen molar-refractivity contribution in [3.05, 3.63) is 84.4 Å². The van der Waals surface area contributed by atoms with Crippen LogP contribution in [0.15, 0.2) is 78.9 Å². The highest BCUT2D eigenvalue weighted by atomic mass is 35.5. The van der Waals surface area contributed by atoms with Crippen LogP contribution in [-0.2, 0) is 0 Å². The number of nitrogens with one attached hydrogen (secondary N) is 1. The lowest BCUT2D eigenvalue weighted by Crippen LogP contribution is -2.47. The number of piperazine rings is 1. The van der Waals surface area contributed by atoms with E-state index in [-0.39, 0.29) is 24.8 Å².